The molecule has 0 saturated carbocycles. The van der Waals surface area contributed by atoms with Crippen LogP contribution < -0.4 is 9.62 Å². The Kier molecular flexibility index (Phi) is 11.1. The Balaban J connectivity index is 2.03. The molecule has 0 spiro atoms. The van der Waals surface area contributed by atoms with Gasteiger partial charge in [0.05, 0.1) is 11.9 Å². The van der Waals surface area contributed by atoms with E-state index in [4.69, 9.17) is 0 Å². The molecule has 0 aliphatic heterocycles. The highest BCUT2D eigenvalue weighted by Crippen LogP contribution is 2.23. The molecule has 1 atom stereocenters. The minimum atomic E-state index is -4.03. The summed E-state index contributed by atoms with van der Waals surface area (Å²) >= 11 is 3.41. The summed E-state index contributed by atoms with van der Waals surface area (Å²) in [6.45, 7) is 1.86. The first-order valence-electron chi connectivity index (χ1n) is 12.7. The first-order chi connectivity index (χ1) is 18.6. The molecule has 3 aromatic carbocycles. The Labute approximate surface area is 238 Å². The van der Waals surface area contributed by atoms with Crippen LogP contribution in [0.1, 0.15) is 30.9 Å². The van der Waals surface area contributed by atoms with Crippen molar-refractivity contribution in [2.24, 2.45) is 0 Å². The summed E-state index contributed by atoms with van der Waals surface area (Å²) in [6.07, 6.45) is 2.81. The molecule has 1 N–H and O–H groups in total. The van der Waals surface area contributed by atoms with Crippen molar-refractivity contribution in [3.05, 3.63) is 100 Å². The number of rotatable bonds is 13. The number of carbonyl (C=O) groups excluding carboxylic acids is 2. The molecule has 2 amide bonds. The van der Waals surface area contributed by atoms with Gasteiger partial charge in [0.2, 0.25) is 21.8 Å². The van der Waals surface area contributed by atoms with Gasteiger partial charge in [0.1, 0.15) is 18.4 Å². The van der Waals surface area contributed by atoms with E-state index in [2.05, 4.69) is 21.2 Å². The second kappa shape index (κ2) is 14.2. The number of anilines is 1. The van der Waals surface area contributed by atoms with Gasteiger partial charge in [0.25, 0.3) is 0 Å². The van der Waals surface area contributed by atoms with Gasteiger partial charge >= 0.3 is 0 Å². The number of nitrogens with zero attached hydrogens (tertiary/aromatic N) is 2. The van der Waals surface area contributed by atoms with Gasteiger partial charge in [-0.2, -0.15) is 0 Å². The zero-order valence-corrected chi connectivity index (χ0v) is 24.4. The zero-order chi connectivity index (χ0) is 28.4. The van der Waals surface area contributed by atoms with E-state index < -0.39 is 34.3 Å². The van der Waals surface area contributed by atoms with Gasteiger partial charge < -0.3 is 10.2 Å². The lowest BCUT2D eigenvalue weighted by molar-refractivity contribution is -0.140. The molecule has 0 radical (unpaired) electrons. The van der Waals surface area contributed by atoms with Crippen LogP contribution in [0.5, 0.6) is 0 Å². The van der Waals surface area contributed by atoms with Crippen LogP contribution in [0.25, 0.3) is 0 Å². The second-order valence-corrected chi connectivity index (χ2v) is 12.0. The molecule has 0 unspecified atom stereocenters. The number of hydrogen-bond acceptors (Lipinski definition) is 4. The molecule has 7 nitrogen and oxygen atoms in total. The van der Waals surface area contributed by atoms with Crippen molar-refractivity contribution in [1.29, 1.82) is 0 Å². The largest absolute Gasteiger partial charge is 0.354 e. The van der Waals surface area contributed by atoms with Gasteiger partial charge in [-0.1, -0.05) is 83.9 Å². The van der Waals surface area contributed by atoms with Crippen molar-refractivity contribution >= 4 is 43.5 Å². The highest BCUT2D eigenvalue weighted by atomic mass is 79.9. The van der Waals surface area contributed by atoms with Crippen LogP contribution in [0.2, 0.25) is 0 Å². The van der Waals surface area contributed by atoms with Gasteiger partial charge in [0.15, 0.2) is 0 Å². The molecule has 0 fully saturated rings. The van der Waals surface area contributed by atoms with Crippen molar-refractivity contribution in [2.45, 2.75) is 38.8 Å². The van der Waals surface area contributed by atoms with Crippen LogP contribution in [-0.2, 0) is 32.6 Å². The standard InChI is InChI=1S/C29H33BrFN3O4S/c1-3-4-18-32-29(36)27(19-22-10-6-5-7-11-22)33(20-23-14-16-24(30)17-15-23)28(35)21-34(39(2,37)38)26-13-9-8-12-25(26)31/h5-17,27H,3-4,18-21H2,1-2H3,(H,32,36)/t27-/m0/s1. The molecule has 0 aromatic heterocycles. The van der Waals surface area contributed by atoms with Crippen molar-refractivity contribution < 1.29 is 22.4 Å². The monoisotopic (exact) mass is 617 g/mol. The van der Waals surface area contributed by atoms with Crippen molar-refractivity contribution in [2.75, 3.05) is 23.7 Å². The number of nitrogens with one attached hydrogen (secondary N) is 1. The molecule has 0 heterocycles. The van der Waals surface area contributed by atoms with Crippen LogP contribution in [0.4, 0.5) is 10.1 Å². The molecule has 10 heteroatoms. The summed E-state index contributed by atoms with van der Waals surface area (Å²) in [4.78, 5) is 28.8. The van der Waals surface area contributed by atoms with Gasteiger partial charge in [-0.3, -0.25) is 13.9 Å². The number of carbonyl (C=O) groups is 2. The maximum absolute atomic E-state index is 14.7. The Bertz CT molecular complexity index is 1350. The number of para-hydroxylation sites is 1. The van der Waals surface area contributed by atoms with Crippen LogP contribution >= 0.6 is 15.9 Å². The van der Waals surface area contributed by atoms with E-state index in [1.54, 1.807) is 0 Å². The molecule has 0 aliphatic rings. The summed E-state index contributed by atoms with van der Waals surface area (Å²) < 4.78 is 41.7. The molecule has 0 saturated heterocycles. The Morgan fingerprint density at radius 1 is 0.949 bits per heavy atom. The van der Waals surface area contributed by atoms with E-state index in [0.29, 0.717) is 6.54 Å². The summed E-state index contributed by atoms with van der Waals surface area (Å²) in [5, 5.41) is 2.93. The predicted molar refractivity (Wildman–Crippen MR) is 155 cm³/mol. The first-order valence-corrected chi connectivity index (χ1v) is 15.3. The highest BCUT2D eigenvalue weighted by molar-refractivity contribution is 9.10. The normalized spacial score (nSPS) is 12.0. The predicted octanol–water partition coefficient (Wildman–Crippen LogP) is 4.91. The molecule has 0 bridgehead atoms. The summed E-state index contributed by atoms with van der Waals surface area (Å²) in [7, 11) is -4.03. The van der Waals surface area contributed by atoms with E-state index in [-0.39, 0.29) is 24.6 Å². The fourth-order valence-corrected chi connectivity index (χ4v) is 5.21. The van der Waals surface area contributed by atoms with Crippen LogP contribution in [0.15, 0.2) is 83.3 Å². The SMILES string of the molecule is CCCCNC(=O)[C@H](Cc1ccccc1)N(Cc1ccc(Br)cc1)C(=O)CN(c1ccccc1F)S(C)(=O)=O. The van der Waals surface area contributed by atoms with Crippen LogP contribution in [0.3, 0.4) is 0 Å². The lowest BCUT2D eigenvalue weighted by Gasteiger charge is -2.33. The van der Waals surface area contributed by atoms with Gasteiger partial charge in [-0.15, -0.1) is 0 Å². The Morgan fingerprint density at radius 2 is 1.59 bits per heavy atom. The lowest BCUT2D eigenvalue weighted by Crippen LogP contribution is -2.53. The first kappa shape index (κ1) is 30.3. The second-order valence-electron chi connectivity index (χ2n) is 9.22. The third-order valence-corrected chi connectivity index (χ3v) is 7.82. The molecule has 0 aliphatic carbocycles. The molecular weight excluding hydrogens is 585 g/mol. The van der Waals surface area contributed by atoms with Crippen LogP contribution in [-0.4, -0.2) is 50.5 Å². The van der Waals surface area contributed by atoms with E-state index in [9.17, 15) is 22.4 Å². The average molecular weight is 619 g/mol. The molecule has 3 aromatic rings. The van der Waals surface area contributed by atoms with Crippen molar-refractivity contribution in [1.82, 2.24) is 10.2 Å². The molecule has 39 heavy (non-hydrogen) atoms. The van der Waals surface area contributed by atoms with Gasteiger partial charge in [-0.25, -0.2) is 12.8 Å². The number of benzene rings is 3. The summed E-state index contributed by atoms with van der Waals surface area (Å²) in [6, 6.07) is 21.1. The number of unbranched alkanes of at least 4 members (excludes halogenated alkanes) is 1. The molecule has 3 rings (SSSR count). The van der Waals surface area contributed by atoms with Gasteiger partial charge in [-0.05, 0) is 41.8 Å². The van der Waals surface area contributed by atoms with Crippen molar-refractivity contribution in [3.63, 3.8) is 0 Å². The van der Waals surface area contributed by atoms with E-state index in [1.807, 2.05) is 61.5 Å². The van der Waals surface area contributed by atoms with Gasteiger partial charge in [0, 0.05) is 24.0 Å². The number of halogens is 2. The quantitative estimate of drug-likeness (QED) is 0.276. The smallest absolute Gasteiger partial charge is 0.244 e. The topological polar surface area (TPSA) is 86.8 Å². The minimum Gasteiger partial charge on any atom is -0.354 e. The zero-order valence-electron chi connectivity index (χ0n) is 22.0. The summed E-state index contributed by atoms with van der Waals surface area (Å²) in [5.41, 5.74) is 1.36. The van der Waals surface area contributed by atoms with E-state index >= 15 is 0 Å². The number of amides is 2. The molecular formula is C29H33BrFN3O4S. The third-order valence-electron chi connectivity index (χ3n) is 6.17. The van der Waals surface area contributed by atoms with E-state index in [1.165, 1.54) is 23.1 Å². The minimum absolute atomic E-state index is 0.0552. The lowest BCUT2D eigenvalue weighted by atomic mass is 10.0. The highest BCUT2D eigenvalue weighted by Gasteiger charge is 2.33. The van der Waals surface area contributed by atoms with Crippen LogP contribution in [0, 0.1) is 5.82 Å². The fraction of sp³-hybridized carbons (Fsp3) is 0.310. The molecule has 208 valence electrons. The maximum atomic E-state index is 14.7. The third kappa shape index (κ3) is 8.90. The number of sulfonamides is 1. The number of hydrogen-bond donors (Lipinski definition) is 1. The Hall–Kier alpha value is -3.24. The summed E-state index contributed by atoms with van der Waals surface area (Å²) in [5.74, 6) is -1.74. The fourth-order valence-electron chi connectivity index (χ4n) is 4.10. The average Bonchev–Trinajstić information content (AvgIpc) is 2.91. The van der Waals surface area contributed by atoms with Crippen molar-refractivity contribution in [3.8, 4) is 0 Å². The Morgan fingerprint density at radius 3 is 2.21 bits per heavy atom. The van der Waals surface area contributed by atoms with E-state index in [0.717, 1.165) is 45.1 Å². The maximum Gasteiger partial charge on any atom is 0.244 e.